The summed E-state index contributed by atoms with van der Waals surface area (Å²) in [5.74, 6) is 0.465. The fourth-order valence-corrected chi connectivity index (χ4v) is 11.2. The molecule has 0 radical (unpaired) electrons. The lowest BCUT2D eigenvalue weighted by molar-refractivity contribution is 0.668. The van der Waals surface area contributed by atoms with E-state index < -0.39 is 0 Å². The van der Waals surface area contributed by atoms with Crippen LogP contribution in [0.15, 0.2) is 233 Å². The molecule has 0 N–H and O–H groups in total. The largest absolute Gasteiger partial charge is 0.456 e. The molecule has 0 aliphatic rings. The van der Waals surface area contributed by atoms with Crippen LogP contribution in [-0.2, 0) is 0 Å². The zero-order valence-corrected chi connectivity index (χ0v) is 38.4. The van der Waals surface area contributed by atoms with E-state index in [4.69, 9.17) is 18.8 Å². The maximum absolute atomic E-state index is 10.7. The highest BCUT2D eigenvalue weighted by Gasteiger charge is 2.26. The number of nitriles is 1. The highest BCUT2D eigenvalue weighted by atomic mass is 16.3. The number of furan rings is 2. The van der Waals surface area contributed by atoms with Gasteiger partial charge in [-0.1, -0.05) is 146 Å². The van der Waals surface area contributed by atoms with E-state index in [2.05, 4.69) is 155 Å². The van der Waals surface area contributed by atoms with Crippen molar-refractivity contribution in [3.8, 4) is 62.5 Å². The van der Waals surface area contributed by atoms with Crippen molar-refractivity contribution in [2.45, 2.75) is 0 Å². The van der Waals surface area contributed by atoms with Gasteiger partial charge >= 0.3 is 0 Å². The number of hydrogen-bond acceptors (Lipinski definition) is 5. The molecule has 0 aliphatic heterocycles. The van der Waals surface area contributed by atoms with E-state index in [1.807, 2.05) is 84.9 Å². The summed E-state index contributed by atoms with van der Waals surface area (Å²) in [5, 5.41) is 19.4. The van der Waals surface area contributed by atoms with E-state index >= 15 is 0 Å². The Morgan fingerprint density at radius 2 is 0.903 bits per heavy atom. The number of fused-ring (bicyclic) bond motifs is 12. The molecule has 5 aromatic heterocycles. The second kappa shape index (κ2) is 15.5. The molecule has 72 heavy (non-hydrogen) atoms. The average Bonchev–Trinajstić information content (AvgIpc) is 4.20. The fourth-order valence-electron chi connectivity index (χ4n) is 11.2. The van der Waals surface area contributed by atoms with Gasteiger partial charge in [0.15, 0.2) is 5.82 Å². The van der Waals surface area contributed by atoms with Crippen LogP contribution in [-0.4, -0.2) is 19.1 Å². The van der Waals surface area contributed by atoms with Gasteiger partial charge in [0.25, 0.3) is 0 Å². The third-order valence-corrected chi connectivity index (χ3v) is 14.4. The third kappa shape index (κ3) is 5.90. The Kier molecular flexibility index (Phi) is 8.59. The first-order valence-electron chi connectivity index (χ1n) is 24.0. The molecule has 0 spiro atoms. The van der Waals surface area contributed by atoms with Crippen molar-refractivity contribution < 1.29 is 8.83 Å². The van der Waals surface area contributed by atoms with Crippen molar-refractivity contribution in [1.82, 2.24) is 19.1 Å². The lowest BCUT2D eigenvalue weighted by Gasteiger charge is -2.14. The van der Waals surface area contributed by atoms with Crippen molar-refractivity contribution in [3.63, 3.8) is 0 Å². The van der Waals surface area contributed by atoms with Crippen LogP contribution in [0, 0.1) is 11.3 Å². The first kappa shape index (κ1) is 39.9. The zero-order valence-electron chi connectivity index (χ0n) is 38.4. The summed E-state index contributed by atoms with van der Waals surface area (Å²) in [6.07, 6.45) is 0. The molecule has 0 amide bonds. The quantitative estimate of drug-likeness (QED) is 0.166. The molecule has 0 aliphatic carbocycles. The molecule has 15 aromatic rings. The second-order valence-electron chi connectivity index (χ2n) is 18.3. The molecule has 5 heterocycles. The molecule has 7 heteroatoms. The summed E-state index contributed by atoms with van der Waals surface area (Å²) >= 11 is 0. The van der Waals surface area contributed by atoms with Crippen LogP contribution in [0.3, 0.4) is 0 Å². The van der Waals surface area contributed by atoms with Gasteiger partial charge in [-0.3, -0.25) is 0 Å². The normalized spacial score (nSPS) is 11.9. The maximum Gasteiger partial charge on any atom is 0.164 e. The summed E-state index contributed by atoms with van der Waals surface area (Å²) in [4.78, 5) is 10.5. The van der Waals surface area contributed by atoms with Gasteiger partial charge in [-0.2, -0.15) is 5.26 Å². The van der Waals surface area contributed by atoms with Gasteiger partial charge < -0.3 is 18.0 Å². The molecule has 0 atom stereocenters. The lowest BCUT2D eigenvalue weighted by Crippen LogP contribution is -2.02. The molecule has 15 rings (SSSR count). The van der Waals surface area contributed by atoms with Gasteiger partial charge in [0.2, 0.25) is 0 Å². The lowest BCUT2D eigenvalue weighted by atomic mass is 9.99. The topological polar surface area (TPSA) is 85.7 Å². The summed E-state index contributed by atoms with van der Waals surface area (Å²) in [6.45, 7) is 0. The molecule has 7 nitrogen and oxygen atoms in total. The molecule has 10 aromatic carbocycles. The molecule has 334 valence electrons. The van der Waals surface area contributed by atoms with Gasteiger partial charge in [0, 0.05) is 54.5 Å². The standard InChI is InChI=1S/C65H37N5O2/c66-38-52-62(39-16-4-1-5-17-39)67-65(68-63(52)40-18-6-2-7-19-40)47-30-32-55(61-46-24-12-15-27-59(46)72-64(47)61)70-54-31-28-41(42-29-33-60-51(35-42)45-23-11-14-26-58(45)71-60)34-48(54)50-37-56-49(36-57(50)70)44-22-10-13-25-53(44)69(56)43-20-8-3-9-21-43/h1-37H. The van der Waals surface area contributed by atoms with Gasteiger partial charge in [-0.25, -0.2) is 9.97 Å². The third-order valence-electron chi connectivity index (χ3n) is 14.4. The van der Waals surface area contributed by atoms with Crippen LogP contribution >= 0.6 is 0 Å². The van der Waals surface area contributed by atoms with Gasteiger partial charge in [-0.05, 0) is 90.0 Å². The smallest absolute Gasteiger partial charge is 0.164 e. The number of para-hydroxylation sites is 4. The van der Waals surface area contributed by atoms with Crippen LogP contribution in [0.1, 0.15) is 5.56 Å². The summed E-state index contributed by atoms with van der Waals surface area (Å²) in [5.41, 5.74) is 15.7. The molecule has 0 saturated heterocycles. The van der Waals surface area contributed by atoms with E-state index in [9.17, 15) is 5.26 Å². The molecule has 0 unspecified atom stereocenters. The molecular formula is C65H37N5O2. The van der Waals surface area contributed by atoms with Crippen molar-refractivity contribution in [2.75, 3.05) is 0 Å². The first-order valence-corrected chi connectivity index (χ1v) is 24.0. The highest BCUT2D eigenvalue weighted by molar-refractivity contribution is 6.21. The van der Waals surface area contributed by atoms with Crippen molar-refractivity contribution in [1.29, 1.82) is 5.26 Å². The Balaban J connectivity index is 1.03. The monoisotopic (exact) mass is 919 g/mol. The number of hydrogen-bond donors (Lipinski definition) is 0. The number of benzene rings is 10. The number of aromatic nitrogens is 4. The fraction of sp³-hybridized carbons (Fsp3) is 0. The Bertz CT molecular complexity index is 4690. The SMILES string of the molecule is N#Cc1c(-c2ccccc2)nc(-c2ccc(-n3c4ccc(-c5ccc6oc7ccccc7c6c5)cc4c4cc5c(cc43)c3ccccc3n5-c3ccccc3)c3c2oc2ccccc23)nc1-c1ccccc1. The molecular weight excluding hydrogens is 883 g/mol. The minimum absolute atomic E-state index is 0.413. The number of nitrogens with zero attached hydrogens (tertiary/aromatic N) is 5. The van der Waals surface area contributed by atoms with Gasteiger partial charge in [-0.15, -0.1) is 0 Å². The van der Waals surface area contributed by atoms with Crippen molar-refractivity contribution in [3.05, 3.63) is 230 Å². The van der Waals surface area contributed by atoms with E-state index in [1.165, 1.54) is 5.39 Å². The summed E-state index contributed by atoms with van der Waals surface area (Å²) in [6, 6.07) is 80.4. The van der Waals surface area contributed by atoms with E-state index in [0.29, 0.717) is 28.4 Å². The maximum atomic E-state index is 10.7. The van der Waals surface area contributed by atoms with Crippen LogP contribution in [0.4, 0.5) is 0 Å². The highest BCUT2D eigenvalue weighted by Crippen LogP contribution is 2.46. The van der Waals surface area contributed by atoms with Gasteiger partial charge in [0.05, 0.1) is 50.1 Å². The van der Waals surface area contributed by atoms with Crippen LogP contribution in [0.25, 0.3) is 144 Å². The second-order valence-corrected chi connectivity index (χ2v) is 18.3. The summed E-state index contributed by atoms with van der Waals surface area (Å²) < 4.78 is 18.1. The molecule has 0 saturated carbocycles. The van der Waals surface area contributed by atoms with Crippen molar-refractivity contribution >= 4 is 87.5 Å². The van der Waals surface area contributed by atoms with Crippen LogP contribution in [0.5, 0.6) is 0 Å². The van der Waals surface area contributed by atoms with E-state index in [0.717, 1.165) is 116 Å². The Morgan fingerprint density at radius 3 is 1.61 bits per heavy atom. The predicted molar refractivity (Wildman–Crippen MR) is 292 cm³/mol. The Hall–Kier alpha value is -10.0. The average molecular weight is 920 g/mol. The van der Waals surface area contributed by atoms with Crippen LogP contribution < -0.4 is 0 Å². The first-order chi connectivity index (χ1) is 35.7. The minimum Gasteiger partial charge on any atom is -0.456 e. The minimum atomic E-state index is 0.413. The zero-order chi connectivity index (χ0) is 47.4. The molecule has 0 fully saturated rings. The van der Waals surface area contributed by atoms with Crippen molar-refractivity contribution in [2.24, 2.45) is 0 Å². The summed E-state index contributed by atoms with van der Waals surface area (Å²) in [7, 11) is 0. The van der Waals surface area contributed by atoms with E-state index in [-0.39, 0.29) is 0 Å². The van der Waals surface area contributed by atoms with Crippen LogP contribution in [0.2, 0.25) is 0 Å². The Labute approximate surface area is 411 Å². The predicted octanol–water partition coefficient (Wildman–Crippen LogP) is 17.0. The van der Waals surface area contributed by atoms with Gasteiger partial charge in [0.1, 0.15) is 34.0 Å². The number of rotatable bonds is 6. The Morgan fingerprint density at radius 1 is 0.375 bits per heavy atom. The van der Waals surface area contributed by atoms with E-state index in [1.54, 1.807) is 0 Å². The molecule has 0 bridgehead atoms.